The van der Waals surface area contributed by atoms with Gasteiger partial charge in [-0.3, -0.25) is 4.98 Å². The number of hydrogen-bond donors (Lipinski definition) is 2. The Bertz CT molecular complexity index is 699. The van der Waals surface area contributed by atoms with E-state index in [4.69, 9.17) is 11.5 Å². The largest absolute Gasteiger partial charge is 0.383 e. The van der Waals surface area contributed by atoms with Crippen LogP contribution < -0.4 is 11.5 Å². The molecule has 0 unspecified atom stereocenters. The molecule has 0 aromatic carbocycles. The Balaban J connectivity index is 2.04. The lowest BCUT2D eigenvalue weighted by molar-refractivity contribution is 0.208. The highest BCUT2D eigenvalue weighted by atomic mass is 16.2. The minimum absolute atomic E-state index is 0.367. The molecule has 1 aliphatic rings. The van der Waals surface area contributed by atoms with E-state index in [9.17, 15) is 4.79 Å². The van der Waals surface area contributed by atoms with Crippen molar-refractivity contribution < 1.29 is 4.79 Å². The number of pyridine rings is 1. The Hall–Kier alpha value is -2.70. The third-order valence-corrected chi connectivity index (χ3v) is 3.28. The van der Waals surface area contributed by atoms with Gasteiger partial charge in [0.25, 0.3) is 0 Å². The van der Waals surface area contributed by atoms with E-state index >= 15 is 0 Å². The highest BCUT2D eigenvalue weighted by Gasteiger charge is 2.26. The quantitative estimate of drug-likeness (QED) is 0.797. The van der Waals surface area contributed by atoms with Gasteiger partial charge in [-0.25, -0.2) is 14.8 Å². The zero-order valence-corrected chi connectivity index (χ0v) is 11.0. The smallest absolute Gasteiger partial charge is 0.315 e. The molecule has 20 heavy (non-hydrogen) atoms. The first kappa shape index (κ1) is 12.3. The number of hydrogen-bond acceptors (Lipinski definition) is 5. The normalized spacial score (nSPS) is 13.3. The fourth-order valence-electron chi connectivity index (χ4n) is 2.25. The maximum Gasteiger partial charge on any atom is 0.315 e. The van der Waals surface area contributed by atoms with Crippen molar-refractivity contribution in [3.05, 3.63) is 35.3 Å². The summed E-state index contributed by atoms with van der Waals surface area (Å²) >= 11 is 0. The molecule has 0 spiro atoms. The molecular formula is C13H14N6O. The Morgan fingerprint density at radius 3 is 2.85 bits per heavy atom. The highest BCUT2D eigenvalue weighted by molar-refractivity contribution is 5.73. The number of anilines is 1. The number of carbonyl (C=O) groups is 1. The fourth-order valence-corrected chi connectivity index (χ4v) is 2.25. The third-order valence-electron chi connectivity index (χ3n) is 3.28. The van der Waals surface area contributed by atoms with Crippen LogP contribution in [0.3, 0.4) is 0 Å². The van der Waals surface area contributed by atoms with E-state index in [0.717, 1.165) is 22.5 Å². The van der Waals surface area contributed by atoms with Gasteiger partial charge in [0.05, 0.1) is 18.8 Å². The SMILES string of the molecule is Cc1cc(-c2nc(N)c3c(n2)CN(C(N)=O)C3)ccn1. The number of primary amides is 1. The average Bonchev–Trinajstić information content (AvgIpc) is 2.83. The van der Waals surface area contributed by atoms with Crippen molar-refractivity contribution in [2.24, 2.45) is 5.73 Å². The second kappa shape index (κ2) is 4.44. The second-order valence-corrected chi connectivity index (χ2v) is 4.74. The van der Waals surface area contributed by atoms with E-state index in [2.05, 4.69) is 15.0 Å². The number of urea groups is 1. The summed E-state index contributed by atoms with van der Waals surface area (Å²) in [6.07, 6.45) is 1.70. The van der Waals surface area contributed by atoms with Crippen molar-refractivity contribution in [3.8, 4) is 11.4 Å². The van der Waals surface area contributed by atoms with Crippen molar-refractivity contribution in [2.45, 2.75) is 20.0 Å². The molecule has 0 atom stereocenters. The van der Waals surface area contributed by atoms with E-state index in [0.29, 0.717) is 24.7 Å². The number of aryl methyl sites for hydroxylation is 1. The van der Waals surface area contributed by atoms with Gasteiger partial charge >= 0.3 is 6.03 Å². The van der Waals surface area contributed by atoms with Crippen LogP contribution in [0.2, 0.25) is 0 Å². The van der Waals surface area contributed by atoms with Crippen LogP contribution in [0.25, 0.3) is 11.4 Å². The lowest BCUT2D eigenvalue weighted by atomic mass is 10.2. The zero-order chi connectivity index (χ0) is 14.3. The summed E-state index contributed by atoms with van der Waals surface area (Å²) in [5.74, 6) is 0.932. The van der Waals surface area contributed by atoms with Gasteiger partial charge in [-0.1, -0.05) is 0 Å². The molecule has 0 bridgehead atoms. The summed E-state index contributed by atoms with van der Waals surface area (Å²) in [6.45, 7) is 2.63. The van der Waals surface area contributed by atoms with E-state index in [1.807, 2.05) is 19.1 Å². The van der Waals surface area contributed by atoms with Crippen LogP contribution in [-0.2, 0) is 13.1 Å². The topological polar surface area (TPSA) is 111 Å². The summed E-state index contributed by atoms with van der Waals surface area (Å²) in [5.41, 5.74) is 14.5. The van der Waals surface area contributed by atoms with Crippen LogP contribution in [0.1, 0.15) is 17.0 Å². The van der Waals surface area contributed by atoms with Crippen LogP contribution in [0.15, 0.2) is 18.3 Å². The van der Waals surface area contributed by atoms with Gasteiger partial charge in [-0.2, -0.15) is 0 Å². The summed E-state index contributed by atoms with van der Waals surface area (Å²) in [6, 6.07) is 3.24. The first-order chi connectivity index (χ1) is 9.54. The van der Waals surface area contributed by atoms with Gasteiger partial charge < -0.3 is 16.4 Å². The Kier molecular flexibility index (Phi) is 2.74. The highest BCUT2D eigenvalue weighted by Crippen LogP contribution is 2.27. The number of rotatable bonds is 1. The number of nitrogen functional groups attached to an aromatic ring is 1. The third kappa shape index (κ3) is 2.03. The number of aromatic nitrogens is 3. The van der Waals surface area contributed by atoms with Crippen molar-refractivity contribution in [3.63, 3.8) is 0 Å². The summed E-state index contributed by atoms with van der Waals surface area (Å²) in [7, 11) is 0. The summed E-state index contributed by atoms with van der Waals surface area (Å²) in [4.78, 5) is 25.7. The molecule has 2 aromatic rings. The average molecular weight is 270 g/mol. The first-order valence-electron chi connectivity index (χ1n) is 6.17. The fraction of sp³-hybridized carbons (Fsp3) is 0.231. The number of carbonyl (C=O) groups excluding carboxylic acids is 1. The predicted octanol–water partition coefficient (Wildman–Crippen LogP) is 0.824. The lowest BCUT2D eigenvalue weighted by Crippen LogP contribution is -2.30. The maximum absolute atomic E-state index is 11.2. The summed E-state index contributed by atoms with van der Waals surface area (Å²) in [5, 5.41) is 0. The molecular weight excluding hydrogens is 256 g/mol. The molecule has 0 radical (unpaired) electrons. The lowest BCUT2D eigenvalue weighted by Gasteiger charge is -2.09. The molecule has 3 heterocycles. The molecule has 7 heteroatoms. The van der Waals surface area contributed by atoms with E-state index in [1.54, 1.807) is 6.20 Å². The van der Waals surface area contributed by atoms with Crippen molar-refractivity contribution >= 4 is 11.8 Å². The van der Waals surface area contributed by atoms with Crippen LogP contribution in [0.4, 0.5) is 10.6 Å². The van der Waals surface area contributed by atoms with Crippen LogP contribution >= 0.6 is 0 Å². The first-order valence-corrected chi connectivity index (χ1v) is 6.17. The molecule has 0 fully saturated rings. The molecule has 0 saturated heterocycles. The monoisotopic (exact) mass is 270 g/mol. The van der Waals surface area contributed by atoms with Crippen molar-refractivity contribution in [1.82, 2.24) is 19.9 Å². The molecule has 4 N–H and O–H groups in total. The Labute approximate surface area is 115 Å². The summed E-state index contributed by atoms with van der Waals surface area (Å²) < 4.78 is 0. The van der Waals surface area contributed by atoms with Gasteiger partial charge in [-0.05, 0) is 19.1 Å². The van der Waals surface area contributed by atoms with Crippen molar-refractivity contribution in [1.29, 1.82) is 0 Å². The zero-order valence-electron chi connectivity index (χ0n) is 11.0. The van der Waals surface area contributed by atoms with E-state index in [-0.39, 0.29) is 0 Å². The standard InChI is InChI=1S/C13H14N6O/c1-7-4-8(2-3-16-7)12-17-10-6-19(13(15)20)5-9(10)11(14)18-12/h2-4H,5-6H2,1H3,(H2,15,20)(H2,14,17,18). The Morgan fingerprint density at radius 1 is 1.35 bits per heavy atom. The maximum atomic E-state index is 11.2. The molecule has 2 amide bonds. The minimum Gasteiger partial charge on any atom is -0.383 e. The van der Waals surface area contributed by atoms with Gasteiger partial charge in [-0.15, -0.1) is 0 Å². The van der Waals surface area contributed by atoms with Crippen molar-refractivity contribution in [2.75, 3.05) is 5.73 Å². The number of nitrogens with zero attached hydrogens (tertiary/aromatic N) is 4. The predicted molar refractivity (Wildman–Crippen MR) is 73.2 cm³/mol. The van der Waals surface area contributed by atoms with E-state index < -0.39 is 6.03 Å². The van der Waals surface area contributed by atoms with Gasteiger partial charge in [0, 0.05) is 23.0 Å². The number of fused-ring (bicyclic) bond motifs is 1. The van der Waals surface area contributed by atoms with Gasteiger partial charge in [0.2, 0.25) is 0 Å². The van der Waals surface area contributed by atoms with Gasteiger partial charge in [0.1, 0.15) is 5.82 Å². The van der Waals surface area contributed by atoms with E-state index in [1.165, 1.54) is 4.90 Å². The molecule has 7 nitrogen and oxygen atoms in total. The minimum atomic E-state index is -0.483. The van der Waals surface area contributed by atoms with Crippen LogP contribution in [0.5, 0.6) is 0 Å². The number of nitrogens with two attached hydrogens (primary N) is 2. The second-order valence-electron chi connectivity index (χ2n) is 4.74. The molecule has 0 saturated carbocycles. The molecule has 2 aromatic heterocycles. The van der Waals surface area contributed by atoms with Crippen LogP contribution in [-0.4, -0.2) is 25.9 Å². The molecule has 102 valence electrons. The molecule has 0 aliphatic carbocycles. The molecule has 1 aliphatic heterocycles. The van der Waals surface area contributed by atoms with Crippen LogP contribution in [0, 0.1) is 6.92 Å². The number of amides is 2. The Morgan fingerprint density at radius 2 is 2.15 bits per heavy atom. The molecule has 3 rings (SSSR count). The van der Waals surface area contributed by atoms with Gasteiger partial charge in [0.15, 0.2) is 5.82 Å².